The van der Waals surface area contributed by atoms with Gasteiger partial charge in [0.05, 0.1) is 6.61 Å². The Labute approximate surface area is 112 Å². The molecule has 0 amide bonds. The average molecular weight is 252 g/mol. The van der Waals surface area contributed by atoms with Crippen LogP contribution in [-0.4, -0.2) is 12.6 Å². The third kappa shape index (κ3) is 13.0. The largest absolute Gasteiger partial charge is 0.465 e. The van der Waals surface area contributed by atoms with Gasteiger partial charge in [-0.25, -0.2) is 0 Å². The highest BCUT2D eigenvalue weighted by Crippen LogP contribution is 2.08. The summed E-state index contributed by atoms with van der Waals surface area (Å²) >= 11 is 0. The van der Waals surface area contributed by atoms with Crippen molar-refractivity contribution in [1.29, 1.82) is 0 Å². The minimum Gasteiger partial charge on any atom is -0.465 e. The Kier molecular flexibility index (Phi) is 13.2. The first kappa shape index (κ1) is 16.9. The molecule has 0 aromatic heterocycles. The van der Waals surface area contributed by atoms with E-state index in [9.17, 15) is 4.79 Å². The van der Waals surface area contributed by atoms with E-state index in [-0.39, 0.29) is 5.97 Å². The third-order valence-electron chi connectivity index (χ3n) is 2.74. The van der Waals surface area contributed by atoms with Crippen molar-refractivity contribution in [3.8, 4) is 0 Å². The van der Waals surface area contributed by atoms with Crippen molar-refractivity contribution in [2.45, 2.75) is 64.7 Å². The Morgan fingerprint density at radius 2 is 1.78 bits per heavy atom. The molecule has 18 heavy (non-hydrogen) atoms. The molecule has 0 fully saturated rings. The van der Waals surface area contributed by atoms with Crippen molar-refractivity contribution >= 4 is 5.97 Å². The Bertz CT molecular complexity index is 231. The lowest BCUT2D eigenvalue weighted by atomic mass is 10.1. The topological polar surface area (TPSA) is 26.3 Å². The van der Waals surface area contributed by atoms with E-state index in [0.717, 1.165) is 32.1 Å². The summed E-state index contributed by atoms with van der Waals surface area (Å²) < 4.78 is 5.13. The molecule has 0 radical (unpaired) electrons. The van der Waals surface area contributed by atoms with Crippen LogP contribution in [-0.2, 0) is 9.53 Å². The fourth-order valence-corrected chi connectivity index (χ4v) is 1.69. The average Bonchev–Trinajstić information content (AvgIpc) is 2.37. The van der Waals surface area contributed by atoms with Gasteiger partial charge in [-0.1, -0.05) is 44.4 Å². The number of ether oxygens (including phenoxy) is 1. The molecule has 0 aliphatic heterocycles. The van der Waals surface area contributed by atoms with Crippen LogP contribution in [0.4, 0.5) is 0 Å². The van der Waals surface area contributed by atoms with Crippen molar-refractivity contribution in [1.82, 2.24) is 0 Å². The van der Waals surface area contributed by atoms with Crippen LogP contribution in [0.3, 0.4) is 0 Å². The van der Waals surface area contributed by atoms with Crippen LogP contribution >= 0.6 is 0 Å². The third-order valence-corrected chi connectivity index (χ3v) is 2.74. The van der Waals surface area contributed by atoms with Gasteiger partial charge in [-0.2, -0.15) is 0 Å². The van der Waals surface area contributed by atoms with E-state index in [1.807, 2.05) is 6.08 Å². The molecule has 0 unspecified atom stereocenters. The molecule has 0 aromatic carbocycles. The number of hydrogen-bond acceptors (Lipinski definition) is 2. The molecule has 0 bridgehead atoms. The molecule has 0 N–H and O–H groups in total. The van der Waals surface area contributed by atoms with Gasteiger partial charge in [-0.15, -0.1) is 6.58 Å². The second-order valence-electron chi connectivity index (χ2n) is 4.48. The lowest BCUT2D eigenvalue weighted by Gasteiger charge is -2.03. The normalized spacial score (nSPS) is 10.7. The van der Waals surface area contributed by atoms with Crippen LogP contribution < -0.4 is 0 Å². The number of carbonyl (C=O) groups is 1. The van der Waals surface area contributed by atoms with Gasteiger partial charge < -0.3 is 4.74 Å². The molecule has 2 heteroatoms. The maximum atomic E-state index is 11.4. The SMILES string of the molecule is C=CCCCCCCCC(=O)OCCC=CCC. The van der Waals surface area contributed by atoms with Crippen molar-refractivity contribution in [3.05, 3.63) is 24.8 Å². The monoisotopic (exact) mass is 252 g/mol. The maximum Gasteiger partial charge on any atom is 0.305 e. The molecular weight excluding hydrogens is 224 g/mol. The number of unbranched alkanes of at least 4 members (excludes halogenated alkanes) is 5. The predicted molar refractivity (Wildman–Crippen MR) is 77.5 cm³/mol. The van der Waals surface area contributed by atoms with Crippen molar-refractivity contribution in [2.75, 3.05) is 6.61 Å². The summed E-state index contributed by atoms with van der Waals surface area (Å²) in [5, 5.41) is 0. The van der Waals surface area contributed by atoms with E-state index in [2.05, 4.69) is 25.7 Å². The van der Waals surface area contributed by atoms with Crippen LogP contribution in [0.1, 0.15) is 64.7 Å². The predicted octanol–water partition coefficient (Wildman–Crippen LogP) is 4.80. The van der Waals surface area contributed by atoms with Gasteiger partial charge in [-0.3, -0.25) is 4.79 Å². The summed E-state index contributed by atoms with van der Waals surface area (Å²) in [7, 11) is 0. The van der Waals surface area contributed by atoms with Crippen molar-refractivity contribution in [2.24, 2.45) is 0 Å². The Hall–Kier alpha value is -1.05. The highest BCUT2D eigenvalue weighted by molar-refractivity contribution is 5.69. The first-order chi connectivity index (χ1) is 8.81. The van der Waals surface area contributed by atoms with Gasteiger partial charge in [0.2, 0.25) is 0 Å². The smallest absolute Gasteiger partial charge is 0.305 e. The highest BCUT2D eigenvalue weighted by atomic mass is 16.5. The lowest BCUT2D eigenvalue weighted by molar-refractivity contribution is -0.143. The summed E-state index contributed by atoms with van der Waals surface area (Å²) in [5.74, 6) is -0.0500. The van der Waals surface area contributed by atoms with Gasteiger partial charge in [0.15, 0.2) is 0 Å². The zero-order valence-corrected chi connectivity index (χ0v) is 11.8. The summed E-state index contributed by atoms with van der Waals surface area (Å²) in [6.45, 7) is 6.32. The molecule has 0 heterocycles. The van der Waals surface area contributed by atoms with E-state index in [1.54, 1.807) is 0 Å². The molecule has 0 atom stereocenters. The van der Waals surface area contributed by atoms with Crippen LogP contribution in [0.25, 0.3) is 0 Å². The number of carbonyl (C=O) groups excluding carboxylic acids is 1. The Balaban J connectivity index is 3.21. The zero-order valence-electron chi connectivity index (χ0n) is 11.8. The first-order valence-corrected chi connectivity index (χ1v) is 7.22. The highest BCUT2D eigenvalue weighted by Gasteiger charge is 2.01. The summed E-state index contributed by atoms with van der Waals surface area (Å²) in [6, 6.07) is 0. The second kappa shape index (κ2) is 14.0. The van der Waals surface area contributed by atoms with Crippen LogP contribution in [0, 0.1) is 0 Å². The fourth-order valence-electron chi connectivity index (χ4n) is 1.69. The summed E-state index contributed by atoms with van der Waals surface area (Å²) in [6.07, 6.45) is 15.4. The minimum absolute atomic E-state index is 0.0500. The van der Waals surface area contributed by atoms with Gasteiger partial charge in [-0.05, 0) is 32.1 Å². The quantitative estimate of drug-likeness (QED) is 0.283. The first-order valence-electron chi connectivity index (χ1n) is 7.22. The Morgan fingerprint density at radius 3 is 2.50 bits per heavy atom. The van der Waals surface area contributed by atoms with Gasteiger partial charge in [0.25, 0.3) is 0 Å². The number of allylic oxidation sites excluding steroid dienone is 2. The van der Waals surface area contributed by atoms with E-state index >= 15 is 0 Å². The summed E-state index contributed by atoms with van der Waals surface area (Å²) in [4.78, 5) is 11.4. The number of rotatable bonds is 12. The maximum absolute atomic E-state index is 11.4. The molecule has 2 nitrogen and oxygen atoms in total. The zero-order chi connectivity index (χ0) is 13.5. The van der Waals surface area contributed by atoms with Crippen molar-refractivity contribution in [3.63, 3.8) is 0 Å². The van der Waals surface area contributed by atoms with E-state index < -0.39 is 0 Å². The number of hydrogen-bond donors (Lipinski definition) is 0. The van der Waals surface area contributed by atoms with Crippen LogP contribution in [0.2, 0.25) is 0 Å². The molecule has 104 valence electrons. The Morgan fingerprint density at radius 1 is 1.06 bits per heavy atom. The lowest BCUT2D eigenvalue weighted by Crippen LogP contribution is -2.04. The standard InChI is InChI=1S/C16H28O2/c1-3-5-7-9-10-11-12-14-16(17)18-15-13-8-6-4-2/h3,6,8H,1,4-5,7,9-15H2,2H3. The molecule has 0 rings (SSSR count). The number of esters is 1. The molecule has 0 saturated heterocycles. The van der Waals surface area contributed by atoms with Gasteiger partial charge >= 0.3 is 5.97 Å². The minimum atomic E-state index is -0.0500. The second-order valence-corrected chi connectivity index (χ2v) is 4.48. The van der Waals surface area contributed by atoms with Gasteiger partial charge in [0.1, 0.15) is 0 Å². The molecular formula is C16H28O2. The van der Waals surface area contributed by atoms with E-state index in [1.165, 1.54) is 19.3 Å². The fraction of sp³-hybridized carbons (Fsp3) is 0.688. The van der Waals surface area contributed by atoms with Gasteiger partial charge in [0, 0.05) is 6.42 Å². The van der Waals surface area contributed by atoms with E-state index in [0.29, 0.717) is 13.0 Å². The molecule has 0 aliphatic carbocycles. The van der Waals surface area contributed by atoms with Crippen LogP contribution in [0.15, 0.2) is 24.8 Å². The molecule has 0 aliphatic rings. The van der Waals surface area contributed by atoms with E-state index in [4.69, 9.17) is 4.74 Å². The molecule has 0 aromatic rings. The summed E-state index contributed by atoms with van der Waals surface area (Å²) in [5.41, 5.74) is 0. The molecule has 0 saturated carbocycles. The van der Waals surface area contributed by atoms with Crippen molar-refractivity contribution < 1.29 is 9.53 Å². The molecule has 0 spiro atoms. The van der Waals surface area contributed by atoms with Crippen LogP contribution in [0.5, 0.6) is 0 Å².